The topological polar surface area (TPSA) is 107 Å². The van der Waals surface area contributed by atoms with Crippen LogP contribution in [-0.2, 0) is 9.53 Å². The maximum absolute atomic E-state index is 10.9. The molecule has 1 fully saturated rings. The van der Waals surface area contributed by atoms with Gasteiger partial charge in [-0.15, -0.1) is 0 Å². The lowest BCUT2D eigenvalue weighted by atomic mass is 10.0. The first-order valence-electron chi connectivity index (χ1n) is 3.81. The minimum absolute atomic E-state index is 0.576. The molecule has 4 atom stereocenters. The third-order valence-electron chi connectivity index (χ3n) is 2.12. The molecule has 1 unspecified atom stereocenters. The third-order valence-corrected chi connectivity index (χ3v) is 2.12. The van der Waals surface area contributed by atoms with E-state index >= 15 is 0 Å². The van der Waals surface area contributed by atoms with E-state index in [9.17, 15) is 20.1 Å². The highest BCUT2D eigenvalue weighted by atomic mass is 16.7. The predicted molar refractivity (Wildman–Crippen MR) is 39.6 cm³/mol. The van der Waals surface area contributed by atoms with Crippen LogP contribution < -0.4 is 0 Å². The van der Waals surface area contributed by atoms with Crippen molar-refractivity contribution in [3.05, 3.63) is 0 Å². The molecule has 1 saturated heterocycles. The molecule has 6 nitrogen and oxygen atoms in total. The smallest absolute Gasteiger partial charge is 0.256 e. The second-order valence-electron chi connectivity index (χ2n) is 3.03. The normalized spacial score (nSPS) is 45.2. The standard InChI is InChI=1S/C7H12O6/c1-3(9)7(12)6(11)5(10)4(2-8)13-7/h4-6,8,10-12H,2H2,1H3/t4-,5-,6-,7?/m1/s1. The van der Waals surface area contributed by atoms with E-state index in [2.05, 4.69) is 4.74 Å². The highest BCUT2D eigenvalue weighted by Crippen LogP contribution is 2.29. The van der Waals surface area contributed by atoms with Gasteiger partial charge in [-0.2, -0.15) is 0 Å². The van der Waals surface area contributed by atoms with Crippen LogP contribution in [0.1, 0.15) is 6.92 Å². The Hall–Kier alpha value is -0.530. The molecule has 1 rings (SSSR count). The highest BCUT2D eigenvalue weighted by Gasteiger charge is 2.56. The van der Waals surface area contributed by atoms with Crippen LogP contribution in [0.3, 0.4) is 0 Å². The van der Waals surface area contributed by atoms with Crippen molar-refractivity contribution >= 4 is 5.78 Å². The lowest BCUT2D eigenvalue weighted by Gasteiger charge is -2.22. The summed E-state index contributed by atoms with van der Waals surface area (Å²) < 4.78 is 4.64. The van der Waals surface area contributed by atoms with Crippen LogP contribution in [0.5, 0.6) is 0 Å². The van der Waals surface area contributed by atoms with Gasteiger partial charge in [-0.1, -0.05) is 0 Å². The van der Waals surface area contributed by atoms with Gasteiger partial charge in [-0.05, 0) is 0 Å². The zero-order chi connectivity index (χ0) is 10.2. The van der Waals surface area contributed by atoms with Crippen molar-refractivity contribution in [2.75, 3.05) is 6.61 Å². The number of aliphatic hydroxyl groups is 4. The largest absolute Gasteiger partial charge is 0.394 e. The van der Waals surface area contributed by atoms with Gasteiger partial charge in [0, 0.05) is 6.92 Å². The maximum atomic E-state index is 10.9. The van der Waals surface area contributed by atoms with Crippen molar-refractivity contribution < 1.29 is 30.0 Å². The van der Waals surface area contributed by atoms with Crippen LogP contribution >= 0.6 is 0 Å². The number of hydrogen-bond acceptors (Lipinski definition) is 6. The number of hydrogen-bond donors (Lipinski definition) is 4. The molecule has 0 radical (unpaired) electrons. The lowest BCUT2D eigenvalue weighted by Crippen LogP contribution is -2.48. The number of ketones is 1. The van der Waals surface area contributed by atoms with Crippen LogP contribution in [-0.4, -0.2) is 56.9 Å². The van der Waals surface area contributed by atoms with Crippen LogP contribution in [0.2, 0.25) is 0 Å². The molecule has 1 aliphatic heterocycles. The third kappa shape index (κ3) is 1.47. The Bertz CT molecular complexity index is 217. The molecule has 6 heteroatoms. The van der Waals surface area contributed by atoms with E-state index in [4.69, 9.17) is 5.11 Å². The zero-order valence-corrected chi connectivity index (χ0v) is 7.04. The summed E-state index contributed by atoms with van der Waals surface area (Å²) in [5.41, 5.74) is 0. The average Bonchev–Trinajstić information content (AvgIpc) is 2.31. The second-order valence-corrected chi connectivity index (χ2v) is 3.03. The van der Waals surface area contributed by atoms with Crippen molar-refractivity contribution in [3.63, 3.8) is 0 Å². The fourth-order valence-corrected chi connectivity index (χ4v) is 1.24. The lowest BCUT2D eigenvalue weighted by molar-refractivity contribution is -0.222. The molecule has 0 aromatic heterocycles. The molecular formula is C7H12O6. The van der Waals surface area contributed by atoms with E-state index in [1.54, 1.807) is 0 Å². The molecule has 76 valence electrons. The number of carbonyl (C=O) groups excluding carboxylic acids is 1. The summed E-state index contributed by atoms with van der Waals surface area (Å²) in [7, 11) is 0. The monoisotopic (exact) mass is 192 g/mol. The minimum Gasteiger partial charge on any atom is -0.394 e. The summed E-state index contributed by atoms with van der Waals surface area (Å²) in [6.07, 6.45) is -4.31. The Morgan fingerprint density at radius 2 is 2.08 bits per heavy atom. The maximum Gasteiger partial charge on any atom is 0.256 e. The molecule has 0 amide bonds. The molecule has 0 bridgehead atoms. The van der Waals surface area contributed by atoms with E-state index in [0.717, 1.165) is 6.92 Å². The molecule has 1 aliphatic rings. The van der Waals surface area contributed by atoms with E-state index in [1.165, 1.54) is 0 Å². The quantitative estimate of drug-likeness (QED) is 0.381. The van der Waals surface area contributed by atoms with Crippen molar-refractivity contribution in [1.29, 1.82) is 0 Å². The molecular weight excluding hydrogens is 180 g/mol. The first-order valence-corrected chi connectivity index (χ1v) is 3.81. The summed E-state index contributed by atoms with van der Waals surface area (Å²) in [4.78, 5) is 10.9. The van der Waals surface area contributed by atoms with Crippen molar-refractivity contribution in [2.45, 2.75) is 31.0 Å². The van der Waals surface area contributed by atoms with Crippen molar-refractivity contribution in [3.8, 4) is 0 Å². The van der Waals surface area contributed by atoms with Gasteiger partial charge < -0.3 is 25.2 Å². The van der Waals surface area contributed by atoms with Crippen molar-refractivity contribution in [2.24, 2.45) is 0 Å². The van der Waals surface area contributed by atoms with Gasteiger partial charge in [-0.3, -0.25) is 4.79 Å². The van der Waals surface area contributed by atoms with E-state index in [1.807, 2.05) is 0 Å². The van der Waals surface area contributed by atoms with Crippen molar-refractivity contribution in [1.82, 2.24) is 0 Å². The van der Waals surface area contributed by atoms with Gasteiger partial charge in [0.05, 0.1) is 6.61 Å². The SMILES string of the molecule is CC(=O)C1(O)O[C@H](CO)[C@@H](O)[C@H]1O. The Labute approximate surface area is 74.4 Å². The van der Waals surface area contributed by atoms with Gasteiger partial charge in [-0.25, -0.2) is 0 Å². The molecule has 0 aromatic carbocycles. The number of rotatable bonds is 2. The van der Waals surface area contributed by atoms with E-state index < -0.39 is 36.5 Å². The Balaban J connectivity index is 2.87. The van der Waals surface area contributed by atoms with Gasteiger partial charge in [0.1, 0.15) is 18.3 Å². The summed E-state index contributed by atoms with van der Waals surface area (Å²) in [5, 5.41) is 36.5. The first-order chi connectivity index (χ1) is 5.93. The molecule has 1 heterocycles. The molecule has 0 aliphatic carbocycles. The van der Waals surface area contributed by atoms with Gasteiger partial charge in [0.2, 0.25) is 0 Å². The van der Waals surface area contributed by atoms with E-state index in [0.29, 0.717) is 0 Å². The molecule has 0 saturated carbocycles. The molecule has 0 spiro atoms. The molecule has 4 N–H and O–H groups in total. The Morgan fingerprint density at radius 3 is 2.31 bits per heavy atom. The van der Waals surface area contributed by atoms with Crippen LogP contribution in [0.4, 0.5) is 0 Å². The first kappa shape index (κ1) is 10.6. The number of Topliss-reactive ketones (excluding diaryl/α,β-unsaturated/α-hetero) is 1. The van der Waals surface area contributed by atoms with Crippen LogP contribution in [0.25, 0.3) is 0 Å². The summed E-state index contributed by atoms with van der Waals surface area (Å²) in [5.74, 6) is -3.21. The highest BCUT2D eigenvalue weighted by molar-refractivity contribution is 5.84. The second kappa shape index (κ2) is 3.32. The van der Waals surface area contributed by atoms with Gasteiger partial charge in [0.25, 0.3) is 5.79 Å². The van der Waals surface area contributed by atoms with Gasteiger partial charge in [0.15, 0.2) is 5.78 Å². The van der Waals surface area contributed by atoms with Crippen LogP contribution in [0, 0.1) is 0 Å². The fourth-order valence-electron chi connectivity index (χ4n) is 1.24. The minimum atomic E-state index is -2.40. The van der Waals surface area contributed by atoms with E-state index in [-0.39, 0.29) is 0 Å². The average molecular weight is 192 g/mol. The molecule has 0 aromatic rings. The summed E-state index contributed by atoms with van der Waals surface area (Å²) >= 11 is 0. The summed E-state index contributed by atoms with van der Waals surface area (Å²) in [6.45, 7) is 0.448. The Morgan fingerprint density at radius 1 is 1.54 bits per heavy atom. The van der Waals surface area contributed by atoms with Gasteiger partial charge >= 0.3 is 0 Å². The predicted octanol–water partition coefficient (Wildman–Crippen LogP) is -2.62. The zero-order valence-electron chi connectivity index (χ0n) is 7.04. The number of carbonyl (C=O) groups is 1. The number of ether oxygens (including phenoxy) is 1. The summed E-state index contributed by atoms with van der Waals surface area (Å²) in [6, 6.07) is 0. The fraction of sp³-hybridized carbons (Fsp3) is 0.857. The molecule has 13 heavy (non-hydrogen) atoms. The Kier molecular flexibility index (Phi) is 2.69. The number of aliphatic hydroxyl groups excluding tert-OH is 3. The van der Waals surface area contributed by atoms with Crippen LogP contribution in [0.15, 0.2) is 0 Å².